The summed E-state index contributed by atoms with van der Waals surface area (Å²) in [6.07, 6.45) is 0. The summed E-state index contributed by atoms with van der Waals surface area (Å²) in [6, 6.07) is 1.90. The molecule has 1 heterocycles. The van der Waals surface area contributed by atoms with Crippen LogP contribution in [0.5, 0.6) is 0 Å². The van der Waals surface area contributed by atoms with E-state index in [0.29, 0.717) is 11.8 Å². The van der Waals surface area contributed by atoms with E-state index < -0.39 is 0 Å². The van der Waals surface area contributed by atoms with Gasteiger partial charge in [-0.05, 0) is 13.0 Å². The Bertz CT molecular complexity index is 247. The van der Waals surface area contributed by atoms with Crippen molar-refractivity contribution in [3.8, 4) is 0 Å². The predicted molar refractivity (Wildman–Crippen MR) is 52.6 cm³/mol. The van der Waals surface area contributed by atoms with Crippen molar-refractivity contribution in [1.82, 2.24) is 9.97 Å². The fourth-order valence-electron chi connectivity index (χ4n) is 0.779. The van der Waals surface area contributed by atoms with Crippen molar-refractivity contribution in [2.45, 2.75) is 11.9 Å². The highest BCUT2D eigenvalue weighted by Crippen LogP contribution is 2.16. The number of hydrogen-bond acceptors (Lipinski definition) is 4. The van der Waals surface area contributed by atoms with Gasteiger partial charge in [-0.2, -0.15) is 0 Å². The minimum atomic E-state index is 0.326. The van der Waals surface area contributed by atoms with E-state index in [1.54, 1.807) is 11.8 Å². The van der Waals surface area contributed by atoms with E-state index in [9.17, 15) is 0 Å². The van der Waals surface area contributed by atoms with Crippen LogP contribution in [-0.4, -0.2) is 21.6 Å². The molecule has 0 saturated carbocycles. The van der Waals surface area contributed by atoms with Crippen LogP contribution < -0.4 is 5.73 Å². The van der Waals surface area contributed by atoms with Crippen LogP contribution in [0.2, 0.25) is 0 Å². The fourth-order valence-corrected chi connectivity index (χ4v) is 1.71. The molecule has 5 heteroatoms. The van der Waals surface area contributed by atoms with Crippen molar-refractivity contribution in [1.29, 1.82) is 0 Å². The maximum Gasteiger partial charge on any atom is 0.221 e. The first kappa shape index (κ1) is 9.61. The molecule has 0 spiro atoms. The molecule has 0 aliphatic rings. The molecule has 0 amide bonds. The standard InChI is InChI=1S/C7H10ClN3S/c1-5-4-6(12-3-2-8)11-7(9)10-5/h4H,2-3H2,1H3,(H2,9,10,11). The number of alkyl halides is 1. The van der Waals surface area contributed by atoms with Gasteiger partial charge in [0.25, 0.3) is 0 Å². The van der Waals surface area contributed by atoms with Crippen molar-refractivity contribution in [2.24, 2.45) is 0 Å². The van der Waals surface area contributed by atoms with Crippen molar-refractivity contribution < 1.29 is 0 Å². The van der Waals surface area contributed by atoms with E-state index >= 15 is 0 Å². The van der Waals surface area contributed by atoms with E-state index in [0.717, 1.165) is 16.5 Å². The van der Waals surface area contributed by atoms with Crippen LogP contribution in [0.4, 0.5) is 5.95 Å². The monoisotopic (exact) mass is 203 g/mol. The van der Waals surface area contributed by atoms with E-state index in [4.69, 9.17) is 17.3 Å². The zero-order valence-electron chi connectivity index (χ0n) is 6.75. The second kappa shape index (κ2) is 4.52. The Morgan fingerprint density at radius 3 is 2.92 bits per heavy atom. The number of hydrogen-bond donors (Lipinski definition) is 1. The second-order valence-corrected chi connectivity index (χ2v) is 3.74. The highest BCUT2D eigenvalue weighted by molar-refractivity contribution is 7.99. The van der Waals surface area contributed by atoms with Crippen molar-refractivity contribution >= 4 is 29.3 Å². The molecule has 3 nitrogen and oxygen atoms in total. The first-order valence-electron chi connectivity index (χ1n) is 3.52. The second-order valence-electron chi connectivity index (χ2n) is 2.24. The number of nitrogen functional groups attached to an aromatic ring is 1. The van der Waals surface area contributed by atoms with Gasteiger partial charge in [0.1, 0.15) is 5.03 Å². The van der Waals surface area contributed by atoms with Crippen molar-refractivity contribution in [2.75, 3.05) is 17.4 Å². The van der Waals surface area contributed by atoms with Gasteiger partial charge in [-0.15, -0.1) is 23.4 Å². The summed E-state index contributed by atoms with van der Waals surface area (Å²) in [7, 11) is 0. The molecule has 0 unspecified atom stereocenters. The summed E-state index contributed by atoms with van der Waals surface area (Å²) in [5.41, 5.74) is 6.35. The maximum absolute atomic E-state index is 5.54. The molecule has 0 saturated heterocycles. The number of aromatic nitrogens is 2. The highest BCUT2D eigenvalue weighted by atomic mass is 35.5. The Morgan fingerprint density at radius 2 is 2.33 bits per heavy atom. The van der Waals surface area contributed by atoms with Gasteiger partial charge in [0.2, 0.25) is 5.95 Å². The molecular weight excluding hydrogens is 194 g/mol. The summed E-state index contributed by atoms with van der Waals surface area (Å²) in [4.78, 5) is 8.01. The number of halogens is 1. The lowest BCUT2D eigenvalue weighted by molar-refractivity contribution is 1.02. The van der Waals surface area contributed by atoms with Crippen LogP contribution in [0.1, 0.15) is 5.69 Å². The van der Waals surface area contributed by atoms with E-state index in [-0.39, 0.29) is 0 Å². The molecule has 2 N–H and O–H groups in total. The Kier molecular flexibility index (Phi) is 3.62. The first-order chi connectivity index (χ1) is 5.72. The maximum atomic E-state index is 5.54. The molecule has 0 atom stereocenters. The Hall–Kier alpha value is -0.480. The minimum Gasteiger partial charge on any atom is -0.368 e. The number of anilines is 1. The number of thioether (sulfide) groups is 1. The summed E-state index contributed by atoms with van der Waals surface area (Å²) in [5.74, 6) is 1.79. The van der Waals surface area contributed by atoms with Gasteiger partial charge >= 0.3 is 0 Å². The minimum absolute atomic E-state index is 0.326. The highest BCUT2D eigenvalue weighted by Gasteiger charge is 1.98. The van der Waals surface area contributed by atoms with E-state index in [1.165, 1.54) is 0 Å². The average molecular weight is 204 g/mol. The molecule has 0 bridgehead atoms. The summed E-state index contributed by atoms with van der Waals surface area (Å²) < 4.78 is 0. The third-order valence-corrected chi connectivity index (χ3v) is 2.50. The molecular formula is C7H10ClN3S. The lowest BCUT2D eigenvalue weighted by atomic mass is 10.5. The molecule has 0 aliphatic heterocycles. The van der Waals surface area contributed by atoms with Crippen LogP contribution >= 0.6 is 23.4 Å². The number of aryl methyl sites for hydroxylation is 1. The lowest BCUT2D eigenvalue weighted by Crippen LogP contribution is -1.97. The summed E-state index contributed by atoms with van der Waals surface area (Å²) in [5, 5.41) is 0.889. The van der Waals surface area contributed by atoms with Gasteiger partial charge in [0, 0.05) is 17.3 Å². The average Bonchev–Trinajstić information content (AvgIpc) is 1.99. The zero-order valence-corrected chi connectivity index (χ0v) is 8.32. The smallest absolute Gasteiger partial charge is 0.221 e. The molecule has 0 aliphatic carbocycles. The molecule has 0 fully saturated rings. The predicted octanol–water partition coefficient (Wildman–Crippen LogP) is 1.70. The number of nitrogens with zero attached hydrogens (tertiary/aromatic N) is 2. The number of nitrogens with two attached hydrogens (primary N) is 1. The Labute approximate surface area is 80.7 Å². The molecule has 12 heavy (non-hydrogen) atoms. The van der Waals surface area contributed by atoms with Crippen molar-refractivity contribution in [3.05, 3.63) is 11.8 Å². The SMILES string of the molecule is Cc1cc(SCCCl)nc(N)n1. The molecule has 1 rings (SSSR count). The third-order valence-electron chi connectivity index (χ3n) is 1.18. The normalized spacial score (nSPS) is 10.2. The summed E-state index contributed by atoms with van der Waals surface area (Å²) in [6.45, 7) is 1.89. The number of rotatable bonds is 3. The first-order valence-corrected chi connectivity index (χ1v) is 5.04. The van der Waals surface area contributed by atoms with Gasteiger partial charge in [-0.3, -0.25) is 0 Å². The third kappa shape index (κ3) is 2.87. The van der Waals surface area contributed by atoms with Gasteiger partial charge in [-0.1, -0.05) is 0 Å². The van der Waals surface area contributed by atoms with Crippen LogP contribution in [0.3, 0.4) is 0 Å². The van der Waals surface area contributed by atoms with Gasteiger partial charge in [0.15, 0.2) is 0 Å². The largest absolute Gasteiger partial charge is 0.368 e. The molecule has 66 valence electrons. The Balaban J connectivity index is 2.72. The van der Waals surface area contributed by atoms with Gasteiger partial charge in [0.05, 0.1) is 0 Å². The van der Waals surface area contributed by atoms with E-state index in [1.807, 2.05) is 13.0 Å². The van der Waals surface area contributed by atoms with Crippen molar-refractivity contribution in [3.63, 3.8) is 0 Å². The summed E-state index contributed by atoms with van der Waals surface area (Å²) >= 11 is 7.12. The molecule has 1 aromatic heterocycles. The molecule has 0 radical (unpaired) electrons. The zero-order chi connectivity index (χ0) is 8.97. The van der Waals surface area contributed by atoms with Crippen LogP contribution in [0.25, 0.3) is 0 Å². The molecule has 1 aromatic rings. The van der Waals surface area contributed by atoms with Crippen LogP contribution in [0.15, 0.2) is 11.1 Å². The quantitative estimate of drug-likeness (QED) is 0.462. The molecule has 0 aromatic carbocycles. The Morgan fingerprint density at radius 1 is 1.58 bits per heavy atom. The topological polar surface area (TPSA) is 51.8 Å². The van der Waals surface area contributed by atoms with Gasteiger partial charge in [-0.25, -0.2) is 9.97 Å². The van der Waals surface area contributed by atoms with Crippen LogP contribution in [0, 0.1) is 6.92 Å². The van der Waals surface area contributed by atoms with Gasteiger partial charge < -0.3 is 5.73 Å². The van der Waals surface area contributed by atoms with Crippen LogP contribution in [-0.2, 0) is 0 Å². The lowest BCUT2D eigenvalue weighted by Gasteiger charge is -2.00. The fraction of sp³-hybridized carbons (Fsp3) is 0.429. The van der Waals surface area contributed by atoms with E-state index in [2.05, 4.69) is 9.97 Å².